The molecule has 0 aromatic rings. The van der Waals surface area contributed by atoms with Crippen LogP contribution in [0.3, 0.4) is 0 Å². The fourth-order valence-corrected chi connectivity index (χ4v) is 0.136. The van der Waals surface area contributed by atoms with E-state index in [0.29, 0.717) is 0 Å². The quantitative estimate of drug-likeness (QED) is 0.0883. The van der Waals surface area contributed by atoms with E-state index >= 15 is 0 Å². The third-order valence-electron chi connectivity index (χ3n) is 0.329. The Hall–Kier alpha value is -0.220. The summed E-state index contributed by atoms with van der Waals surface area (Å²) in [6.45, 7) is 5.42. The first-order chi connectivity index (χ1) is 28.4. The van der Waals surface area contributed by atoms with Crippen molar-refractivity contribution in [2.45, 2.75) is 6.92 Å². The van der Waals surface area contributed by atoms with Gasteiger partial charge in [0.1, 0.15) is 0 Å². The molecule has 30 N–H and O–H groups in total. The van der Waals surface area contributed by atoms with Crippen LogP contribution in [-0.2, 0) is 68.5 Å². The summed E-state index contributed by atoms with van der Waals surface area (Å²) in [5.74, 6) is 0. The van der Waals surface area contributed by atoms with E-state index in [1.165, 1.54) is 0 Å². The van der Waals surface area contributed by atoms with Crippen molar-refractivity contribution >= 4 is 124 Å². The highest BCUT2D eigenvalue weighted by Crippen LogP contribution is 2.03. The Morgan fingerprint density at radius 3 is 0.262 bits per heavy atom. The Morgan fingerprint density at radius 1 is 0.215 bits per heavy atom. The number of allylic oxidation sites excluding steroid dienone is 3. The van der Waals surface area contributed by atoms with Gasteiger partial charge < -0.3 is 0 Å². The third-order valence-corrected chi connectivity index (χ3v) is 0.329. The van der Waals surface area contributed by atoms with Crippen molar-refractivity contribution in [2.24, 2.45) is 0 Å². The molecule has 0 saturated heterocycles. The molecule has 388 valence electrons. The molecule has 0 spiro atoms. The molecular formula is C5H38O45P15+15. The normalized spacial score (nSPS) is 6.69. The highest BCUT2D eigenvalue weighted by Gasteiger charge is 1.97. The summed E-state index contributed by atoms with van der Waals surface area (Å²) in [6, 6.07) is 0. The molecule has 45 nitrogen and oxygen atoms in total. The van der Waals surface area contributed by atoms with Crippen molar-refractivity contribution < 1.29 is 215 Å². The molecule has 0 rings (SSSR count). The molecule has 0 bridgehead atoms. The van der Waals surface area contributed by atoms with Gasteiger partial charge in [0.25, 0.3) is 0 Å². The summed E-state index contributed by atoms with van der Waals surface area (Å²) in [4.78, 5) is 214. The molecule has 0 aromatic carbocycles. The summed E-state index contributed by atoms with van der Waals surface area (Å²) in [7, 11) is -43.1. The van der Waals surface area contributed by atoms with Gasteiger partial charge in [-0.2, -0.15) is 0 Å². The van der Waals surface area contributed by atoms with Gasteiger partial charge in [-0.25, -0.2) is 0 Å². The van der Waals surface area contributed by atoms with Crippen molar-refractivity contribution in [3.05, 3.63) is 24.8 Å². The maximum Gasteiger partial charge on any atom is 0.692 e. The van der Waals surface area contributed by atoms with E-state index in [1.807, 2.05) is 19.1 Å². The topological polar surface area (TPSA) is 863 Å². The average molecular weight is 1280 g/mol. The van der Waals surface area contributed by atoms with Gasteiger partial charge in [-0.1, -0.05) is 24.8 Å². The zero-order valence-electron chi connectivity index (χ0n) is 29.7. The van der Waals surface area contributed by atoms with E-state index in [0.717, 1.165) is 0 Å². The molecule has 60 heteroatoms. The van der Waals surface area contributed by atoms with Crippen LogP contribution in [0.4, 0.5) is 0 Å². The van der Waals surface area contributed by atoms with Crippen LogP contribution in [-0.4, -0.2) is 147 Å². The second-order valence-electron chi connectivity index (χ2n) is 4.55. The molecule has 0 aromatic heterocycles. The Balaban J connectivity index is -0.0000000282. The average Bonchev–Trinajstić information content (AvgIpc) is 2.89. The minimum Gasteiger partial charge on any atom is -0.134 e. The van der Waals surface area contributed by atoms with Gasteiger partial charge in [-0.15, -0.1) is 147 Å². The van der Waals surface area contributed by atoms with Gasteiger partial charge in [-0.05, 0) is 6.92 Å². The summed E-state index contributed by atoms with van der Waals surface area (Å²) < 4.78 is 131. The molecule has 0 radical (unpaired) electrons. The number of hydrogen-bond donors (Lipinski definition) is 30. The fraction of sp³-hybridized carbons (Fsp3) is 0.200. The summed E-state index contributed by atoms with van der Waals surface area (Å²) in [5.41, 5.74) is 0. The lowest BCUT2D eigenvalue weighted by Crippen LogP contribution is -1.38. The summed E-state index contributed by atoms with van der Waals surface area (Å²) in [5, 5.41) is 0. The molecule has 0 amide bonds. The standard InChI is InChI=1S/C5H8.15HO3P/c1-3-5-4-2;15*1-4(2)3/h3-5H,1H2,2H3;15*(H-,1,2,3)/p+15. The first kappa shape index (κ1) is 111. The zero-order valence-corrected chi connectivity index (χ0v) is 43.1. The minimum atomic E-state index is -2.87. The second kappa shape index (κ2) is 110. The fourth-order valence-electron chi connectivity index (χ4n) is 0.136. The second-order valence-corrected chi connectivity index (χ2v) is 12.1. The van der Waals surface area contributed by atoms with Crippen LogP contribution in [0, 0.1) is 0 Å². The molecule has 0 aliphatic carbocycles. The van der Waals surface area contributed by atoms with Gasteiger partial charge in [-0.3, -0.25) is 0 Å². The van der Waals surface area contributed by atoms with Crippen molar-refractivity contribution in [1.82, 2.24) is 0 Å². The first-order valence-corrected chi connectivity index (χ1v) is 27.9. The maximum atomic E-state index is 8.70. The van der Waals surface area contributed by atoms with Crippen LogP contribution < -0.4 is 0 Å². The molecule has 0 heterocycles. The highest BCUT2D eigenvalue weighted by molar-refractivity contribution is 7.33. The van der Waals surface area contributed by atoms with Crippen molar-refractivity contribution in [1.29, 1.82) is 0 Å². The zero-order chi connectivity index (χ0) is 57.8. The van der Waals surface area contributed by atoms with E-state index in [2.05, 4.69) is 6.58 Å². The van der Waals surface area contributed by atoms with Crippen molar-refractivity contribution in [2.75, 3.05) is 0 Å². The molecular weight excluding hydrogens is 1240 g/mol. The van der Waals surface area contributed by atoms with Crippen LogP contribution in [0.1, 0.15) is 6.92 Å². The van der Waals surface area contributed by atoms with Gasteiger partial charge in [0.05, 0.1) is 0 Å². The predicted molar refractivity (Wildman–Crippen MR) is 206 cm³/mol. The van der Waals surface area contributed by atoms with Gasteiger partial charge in [0, 0.05) is 68.5 Å². The van der Waals surface area contributed by atoms with Gasteiger partial charge >= 0.3 is 124 Å². The molecule has 0 unspecified atom stereocenters. The van der Waals surface area contributed by atoms with Gasteiger partial charge in [0.15, 0.2) is 0 Å². The van der Waals surface area contributed by atoms with Crippen molar-refractivity contribution in [3.8, 4) is 0 Å². The van der Waals surface area contributed by atoms with Crippen LogP contribution in [0.15, 0.2) is 24.8 Å². The van der Waals surface area contributed by atoms with Crippen molar-refractivity contribution in [3.63, 3.8) is 0 Å². The Labute approximate surface area is 370 Å². The number of hydrogen-bond acceptors (Lipinski definition) is 15. The SMILES string of the molecule is C=CC=CC.O=[P+](O)O.O=[P+](O)O.O=[P+](O)O.O=[P+](O)O.O=[P+](O)O.O=[P+](O)O.O=[P+](O)O.O=[P+](O)O.O=[P+](O)O.O=[P+](O)O.O=[P+](O)O.O=[P+](O)O.O=[P+](O)O.O=[P+](O)O.O=[P+](O)O. The molecule has 65 heavy (non-hydrogen) atoms. The van der Waals surface area contributed by atoms with E-state index in [-0.39, 0.29) is 0 Å². The molecule has 0 atom stereocenters. The Bertz CT molecular complexity index is 893. The predicted octanol–water partition coefficient (Wildman–Crippen LogP) is -3.83. The monoisotopic (exact) mass is 1280 g/mol. The van der Waals surface area contributed by atoms with E-state index < -0.39 is 124 Å². The van der Waals surface area contributed by atoms with E-state index in [9.17, 15) is 0 Å². The highest BCUT2D eigenvalue weighted by atomic mass is 31.2. The lowest BCUT2D eigenvalue weighted by Gasteiger charge is -1.56. The van der Waals surface area contributed by atoms with Crippen LogP contribution in [0.25, 0.3) is 0 Å². The summed E-state index contributed by atoms with van der Waals surface area (Å²) >= 11 is 0. The Kier molecular flexibility index (Phi) is 188. The number of rotatable bonds is 1. The molecule has 0 saturated carbocycles. The van der Waals surface area contributed by atoms with E-state index in [1.54, 1.807) is 6.08 Å². The summed E-state index contributed by atoms with van der Waals surface area (Å²) in [6.07, 6.45) is 5.58. The van der Waals surface area contributed by atoms with E-state index in [4.69, 9.17) is 215 Å². The Morgan fingerprint density at radius 2 is 0.262 bits per heavy atom. The minimum absolute atomic E-state index is 1.75. The third kappa shape index (κ3) is 76800. The smallest absolute Gasteiger partial charge is 0.134 e. The van der Waals surface area contributed by atoms with Crippen LogP contribution >= 0.6 is 124 Å². The lowest BCUT2D eigenvalue weighted by molar-refractivity contribution is 0.403. The molecule has 0 fully saturated rings. The molecule has 0 aliphatic heterocycles. The largest absolute Gasteiger partial charge is 0.692 e. The van der Waals surface area contributed by atoms with Crippen LogP contribution in [0.2, 0.25) is 0 Å². The first-order valence-electron chi connectivity index (χ1n) is 10.4. The van der Waals surface area contributed by atoms with Crippen LogP contribution in [0.5, 0.6) is 0 Å². The van der Waals surface area contributed by atoms with Gasteiger partial charge in [0.2, 0.25) is 0 Å². The molecule has 0 aliphatic rings. The lowest BCUT2D eigenvalue weighted by atomic mass is 10.5. The maximum absolute atomic E-state index is 8.70.